The molecule has 0 amide bonds. The number of aromatic nitrogens is 1. The van der Waals surface area contributed by atoms with Crippen LogP contribution in [0.15, 0.2) is 18.3 Å². The normalized spacial score (nSPS) is 28.0. The maximum Gasteiger partial charge on any atom is 0.215 e. The number of rotatable bonds is 6. The first kappa shape index (κ1) is 18.1. The van der Waals surface area contributed by atoms with Crippen LogP contribution >= 0.6 is 0 Å². The lowest BCUT2D eigenvalue weighted by Gasteiger charge is -2.36. The molecule has 1 aliphatic carbocycles. The van der Waals surface area contributed by atoms with Gasteiger partial charge in [-0.2, -0.15) is 0 Å². The lowest BCUT2D eigenvalue weighted by Crippen LogP contribution is -2.41. The highest BCUT2D eigenvalue weighted by molar-refractivity contribution is 5.48. The largest absolute Gasteiger partial charge is 0.474 e. The van der Waals surface area contributed by atoms with Crippen LogP contribution in [0.3, 0.4) is 0 Å². The molecule has 3 fully saturated rings. The lowest BCUT2D eigenvalue weighted by molar-refractivity contribution is -0.0743. The average Bonchev–Trinajstić information content (AvgIpc) is 2.65. The number of hydrogen-bond acceptors (Lipinski definition) is 5. The highest BCUT2D eigenvalue weighted by Crippen LogP contribution is 2.30. The molecule has 144 valence electrons. The van der Waals surface area contributed by atoms with Gasteiger partial charge in [0.25, 0.3) is 0 Å². The van der Waals surface area contributed by atoms with Crippen LogP contribution in [0.1, 0.15) is 45.4 Å². The van der Waals surface area contributed by atoms with E-state index in [1.807, 2.05) is 6.20 Å². The molecule has 0 aromatic carbocycles. The van der Waals surface area contributed by atoms with Crippen LogP contribution in [0.2, 0.25) is 0 Å². The summed E-state index contributed by atoms with van der Waals surface area (Å²) in [6.45, 7) is 7.82. The molecule has 1 N–H and O–H groups in total. The molecule has 2 aliphatic heterocycles. The third-order valence-corrected chi connectivity index (χ3v) is 6.23. The Bertz CT molecular complexity index is 562. The van der Waals surface area contributed by atoms with Gasteiger partial charge in [0.05, 0.1) is 6.10 Å². The molecule has 3 aliphatic rings. The minimum Gasteiger partial charge on any atom is -0.474 e. The molecule has 1 aromatic rings. The van der Waals surface area contributed by atoms with E-state index in [1.54, 1.807) is 0 Å². The Morgan fingerprint density at radius 1 is 1.12 bits per heavy atom. The first-order valence-electron chi connectivity index (χ1n) is 10.5. The van der Waals surface area contributed by atoms with Gasteiger partial charge in [-0.3, -0.25) is 0 Å². The van der Waals surface area contributed by atoms with Gasteiger partial charge < -0.3 is 19.7 Å². The highest BCUT2D eigenvalue weighted by Gasteiger charge is 2.32. The Morgan fingerprint density at radius 2 is 1.88 bits per heavy atom. The second-order valence-electron chi connectivity index (χ2n) is 8.38. The fraction of sp³-hybridized carbons (Fsp3) is 0.762. The summed E-state index contributed by atoms with van der Waals surface area (Å²) in [6.07, 6.45) is 9.56. The lowest BCUT2D eigenvalue weighted by atomic mass is 9.91. The number of anilines is 1. The zero-order valence-electron chi connectivity index (χ0n) is 16.0. The first-order valence-corrected chi connectivity index (χ1v) is 10.5. The standard InChI is InChI=1S/C21H33N3O2/c1-16-5-10-24(11-6-16)18-4-9-23-21(12-18)26-20-13-19(14-20)25-15-17-2-7-22-8-3-17/h4,9,12,16-17,19-20,22H,2-3,5-8,10-11,13-15H2,1H3. The molecule has 0 spiro atoms. The van der Waals surface area contributed by atoms with Crippen LogP contribution < -0.4 is 15.0 Å². The average molecular weight is 360 g/mol. The molecule has 2 saturated heterocycles. The van der Waals surface area contributed by atoms with E-state index in [0.717, 1.165) is 63.3 Å². The quantitative estimate of drug-likeness (QED) is 0.845. The van der Waals surface area contributed by atoms with Crippen LogP contribution in [-0.4, -0.2) is 50.0 Å². The monoisotopic (exact) mass is 359 g/mol. The number of nitrogens with zero attached hydrogens (tertiary/aromatic N) is 2. The molecule has 1 aromatic heterocycles. The predicted octanol–water partition coefficient (Wildman–Crippen LogP) is 3.24. The predicted molar refractivity (Wildman–Crippen MR) is 104 cm³/mol. The van der Waals surface area contributed by atoms with Gasteiger partial charge in [-0.05, 0) is 56.7 Å². The summed E-state index contributed by atoms with van der Waals surface area (Å²) in [5.41, 5.74) is 1.25. The van der Waals surface area contributed by atoms with Crippen LogP contribution in [0.5, 0.6) is 5.88 Å². The van der Waals surface area contributed by atoms with Crippen molar-refractivity contribution < 1.29 is 9.47 Å². The van der Waals surface area contributed by atoms with E-state index in [4.69, 9.17) is 9.47 Å². The molecular formula is C21H33N3O2. The summed E-state index contributed by atoms with van der Waals surface area (Å²) in [5.74, 6) is 2.35. The van der Waals surface area contributed by atoms with Gasteiger partial charge >= 0.3 is 0 Å². The number of hydrogen-bond donors (Lipinski definition) is 1. The number of piperidine rings is 2. The van der Waals surface area contributed by atoms with Crippen LogP contribution in [-0.2, 0) is 4.74 Å². The van der Waals surface area contributed by atoms with Crippen molar-refractivity contribution in [2.24, 2.45) is 11.8 Å². The molecular weight excluding hydrogens is 326 g/mol. The van der Waals surface area contributed by atoms with Crippen LogP contribution in [0.4, 0.5) is 5.69 Å². The zero-order chi connectivity index (χ0) is 17.8. The third-order valence-electron chi connectivity index (χ3n) is 6.23. The van der Waals surface area contributed by atoms with E-state index in [-0.39, 0.29) is 6.10 Å². The van der Waals surface area contributed by atoms with Crippen LogP contribution in [0.25, 0.3) is 0 Å². The molecule has 0 radical (unpaired) electrons. The Hall–Kier alpha value is -1.33. The molecule has 1 saturated carbocycles. The van der Waals surface area contributed by atoms with Gasteiger partial charge in [0.2, 0.25) is 5.88 Å². The van der Waals surface area contributed by atoms with E-state index < -0.39 is 0 Å². The van der Waals surface area contributed by atoms with E-state index in [1.165, 1.54) is 31.4 Å². The number of pyridine rings is 1. The molecule has 0 bridgehead atoms. The second kappa shape index (κ2) is 8.57. The summed E-state index contributed by atoms with van der Waals surface area (Å²) in [6, 6.07) is 4.22. The van der Waals surface area contributed by atoms with E-state index in [0.29, 0.717) is 6.10 Å². The molecule has 0 atom stereocenters. The van der Waals surface area contributed by atoms with Gasteiger partial charge in [0, 0.05) is 50.5 Å². The van der Waals surface area contributed by atoms with Crippen molar-refractivity contribution in [3.8, 4) is 5.88 Å². The Kier molecular flexibility index (Phi) is 5.95. The Morgan fingerprint density at radius 3 is 2.65 bits per heavy atom. The minimum absolute atomic E-state index is 0.261. The molecule has 5 heteroatoms. The maximum atomic E-state index is 6.10. The van der Waals surface area contributed by atoms with Gasteiger partial charge in [-0.1, -0.05) is 6.92 Å². The Labute approximate surface area is 157 Å². The van der Waals surface area contributed by atoms with Crippen molar-refractivity contribution in [3.05, 3.63) is 18.3 Å². The SMILES string of the molecule is CC1CCN(c2ccnc(OC3CC(OCC4CCNCC4)C3)c2)CC1. The van der Waals surface area contributed by atoms with Crippen molar-refractivity contribution in [3.63, 3.8) is 0 Å². The van der Waals surface area contributed by atoms with Crippen molar-refractivity contribution >= 4 is 5.69 Å². The summed E-state index contributed by atoms with van der Waals surface area (Å²) in [4.78, 5) is 6.88. The van der Waals surface area contributed by atoms with E-state index >= 15 is 0 Å². The fourth-order valence-corrected chi connectivity index (χ4v) is 4.17. The minimum atomic E-state index is 0.261. The number of ether oxygens (including phenoxy) is 2. The fourth-order valence-electron chi connectivity index (χ4n) is 4.17. The topological polar surface area (TPSA) is 46.6 Å². The summed E-state index contributed by atoms with van der Waals surface area (Å²) in [7, 11) is 0. The summed E-state index contributed by atoms with van der Waals surface area (Å²) >= 11 is 0. The molecule has 0 unspecified atom stereocenters. The molecule has 5 nitrogen and oxygen atoms in total. The van der Waals surface area contributed by atoms with Crippen molar-refractivity contribution in [2.45, 2.75) is 57.7 Å². The molecule has 4 rings (SSSR count). The van der Waals surface area contributed by atoms with Gasteiger partial charge in [-0.15, -0.1) is 0 Å². The number of nitrogens with one attached hydrogen (secondary N) is 1. The molecule has 3 heterocycles. The second-order valence-corrected chi connectivity index (χ2v) is 8.38. The maximum absolute atomic E-state index is 6.10. The van der Waals surface area contributed by atoms with Crippen molar-refractivity contribution in [1.82, 2.24) is 10.3 Å². The van der Waals surface area contributed by atoms with Crippen molar-refractivity contribution in [1.29, 1.82) is 0 Å². The summed E-state index contributed by atoms with van der Waals surface area (Å²) in [5, 5.41) is 3.41. The third kappa shape index (κ3) is 4.68. The highest BCUT2D eigenvalue weighted by atomic mass is 16.5. The summed E-state index contributed by atoms with van der Waals surface area (Å²) < 4.78 is 12.2. The first-order chi connectivity index (χ1) is 12.8. The van der Waals surface area contributed by atoms with Gasteiger partial charge in [-0.25, -0.2) is 4.98 Å². The van der Waals surface area contributed by atoms with Gasteiger partial charge in [0.15, 0.2) is 0 Å². The smallest absolute Gasteiger partial charge is 0.215 e. The molecule has 26 heavy (non-hydrogen) atoms. The zero-order valence-corrected chi connectivity index (χ0v) is 16.0. The van der Waals surface area contributed by atoms with Crippen LogP contribution in [0, 0.1) is 11.8 Å². The van der Waals surface area contributed by atoms with E-state index in [9.17, 15) is 0 Å². The van der Waals surface area contributed by atoms with Crippen molar-refractivity contribution in [2.75, 3.05) is 37.7 Å². The Balaban J connectivity index is 1.20. The van der Waals surface area contributed by atoms with E-state index in [2.05, 4.69) is 34.3 Å². The van der Waals surface area contributed by atoms with Gasteiger partial charge in [0.1, 0.15) is 6.10 Å².